The number of hydrogen-bond donors (Lipinski definition) is 2. The second-order valence-corrected chi connectivity index (χ2v) is 5.98. The predicted molar refractivity (Wildman–Crippen MR) is 77.5 cm³/mol. The van der Waals surface area contributed by atoms with Crippen molar-refractivity contribution in [2.24, 2.45) is 5.92 Å². The fourth-order valence-electron chi connectivity index (χ4n) is 2.65. The molecule has 1 fully saturated rings. The van der Waals surface area contributed by atoms with Crippen molar-refractivity contribution in [1.82, 2.24) is 0 Å². The summed E-state index contributed by atoms with van der Waals surface area (Å²) in [5.74, 6) is 0.156. The molecule has 1 aliphatic carbocycles. The van der Waals surface area contributed by atoms with Gasteiger partial charge < -0.3 is 10.4 Å². The van der Waals surface area contributed by atoms with Crippen molar-refractivity contribution in [2.45, 2.75) is 38.2 Å². The first-order chi connectivity index (χ1) is 9.06. The van der Waals surface area contributed by atoms with Gasteiger partial charge in [0, 0.05) is 6.54 Å². The van der Waals surface area contributed by atoms with Crippen LogP contribution in [0.3, 0.4) is 0 Å². The fourth-order valence-corrected chi connectivity index (χ4v) is 3.24. The number of nitrogens with one attached hydrogen (secondary N) is 1. The molecule has 19 heavy (non-hydrogen) atoms. The molecule has 0 spiro atoms. The normalized spacial score (nSPS) is 17.7. The van der Waals surface area contributed by atoms with Gasteiger partial charge >= 0.3 is 0 Å². The highest BCUT2D eigenvalue weighted by Crippen LogP contribution is 2.32. The molecule has 1 aliphatic rings. The summed E-state index contributed by atoms with van der Waals surface area (Å²) in [5.41, 5.74) is 0.482. The van der Waals surface area contributed by atoms with Gasteiger partial charge in [-0.3, -0.25) is 0 Å². The SMILES string of the molecule is OC(CNc1c(Cl)cc(F)cc1Cl)CC1CCCC1. The average Bonchev–Trinajstić information content (AvgIpc) is 2.80. The maximum absolute atomic E-state index is 13.0. The molecule has 1 aromatic carbocycles. The van der Waals surface area contributed by atoms with Gasteiger partial charge in [0.2, 0.25) is 0 Å². The van der Waals surface area contributed by atoms with Crippen molar-refractivity contribution in [3.63, 3.8) is 0 Å². The number of hydrogen-bond acceptors (Lipinski definition) is 2. The van der Waals surface area contributed by atoms with Gasteiger partial charge in [-0.15, -0.1) is 0 Å². The first kappa shape index (κ1) is 14.9. The van der Waals surface area contributed by atoms with E-state index in [9.17, 15) is 9.50 Å². The lowest BCUT2D eigenvalue weighted by atomic mass is 10.00. The zero-order valence-electron chi connectivity index (χ0n) is 10.6. The maximum Gasteiger partial charge on any atom is 0.126 e. The van der Waals surface area contributed by atoms with E-state index in [1.165, 1.54) is 37.8 Å². The Bertz CT molecular complexity index is 412. The van der Waals surface area contributed by atoms with Crippen molar-refractivity contribution >= 4 is 28.9 Å². The van der Waals surface area contributed by atoms with Crippen LogP contribution in [0.15, 0.2) is 12.1 Å². The summed E-state index contributed by atoms with van der Waals surface area (Å²) in [6.07, 6.45) is 5.30. The lowest BCUT2D eigenvalue weighted by Crippen LogP contribution is -2.22. The van der Waals surface area contributed by atoms with E-state index in [1.807, 2.05) is 0 Å². The van der Waals surface area contributed by atoms with Crippen molar-refractivity contribution in [3.8, 4) is 0 Å². The Morgan fingerprint density at radius 3 is 2.42 bits per heavy atom. The van der Waals surface area contributed by atoms with Crippen LogP contribution in [-0.2, 0) is 0 Å². The van der Waals surface area contributed by atoms with Crippen LogP contribution in [0.5, 0.6) is 0 Å². The Labute approximate surface area is 122 Å². The number of aliphatic hydroxyl groups excluding tert-OH is 1. The van der Waals surface area contributed by atoms with Gasteiger partial charge in [-0.25, -0.2) is 4.39 Å². The first-order valence-electron chi connectivity index (χ1n) is 6.62. The molecule has 0 amide bonds. The number of anilines is 1. The number of benzene rings is 1. The lowest BCUT2D eigenvalue weighted by molar-refractivity contribution is 0.155. The third-order valence-electron chi connectivity index (χ3n) is 3.60. The Kier molecular flexibility index (Phi) is 5.31. The molecule has 1 aromatic rings. The molecule has 0 saturated heterocycles. The van der Waals surface area contributed by atoms with Crippen LogP contribution in [0.4, 0.5) is 10.1 Å². The van der Waals surface area contributed by atoms with Gasteiger partial charge in [0.15, 0.2) is 0 Å². The van der Waals surface area contributed by atoms with Crippen LogP contribution in [0.1, 0.15) is 32.1 Å². The highest BCUT2D eigenvalue weighted by atomic mass is 35.5. The zero-order chi connectivity index (χ0) is 13.8. The second-order valence-electron chi connectivity index (χ2n) is 5.17. The molecular weight excluding hydrogens is 288 g/mol. The van der Waals surface area contributed by atoms with Gasteiger partial charge in [0.1, 0.15) is 5.82 Å². The largest absolute Gasteiger partial charge is 0.391 e. The van der Waals surface area contributed by atoms with E-state index in [4.69, 9.17) is 23.2 Å². The molecule has 0 aliphatic heterocycles. The smallest absolute Gasteiger partial charge is 0.126 e. The quantitative estimate of drug-likeness (QED) is 0.840. The van der Waals surface area contributed by atoms with Gasteiger partial charge in [-0.2, -0.15) is 0 Å². The summed E-state index contributed by atoms with van der Waals surface area (Å²) in [7, 11) is 0. The summed E-state index contributed by atoms with van der Waals surface area (Å²) in [4.78, 5) is 0. The van der Waals surface area contributed by atoms with Crippen LogP contribution in [0.25, 0.3) is 0 Å². The number of halogens is 3. The summed E-state index contributed by atoms with van der Waals surface area (Å²) in [5, 5.41) is 13.5. The molecule has 2 nitrogen and oxygen atoms in total. The minimum Gasteiger partial charge on any atom is -0.391 e. The maximum atomic E-state index is 13.0. The molecule has 1 unspecified atom stereocenters. The minimum absolute atomic E-state index is 0.234. The van der Waals surface area contributed by atoms with Crippen LogP contribution in [-0.4, -0.2) is 17.8 Å². The Balaban J connectivity index is 1.87. The van der Waals surface area contributed by atoms with Gasteiger partial charge in [-0.1, -0.05) is 48.9 Å². The van der Waals surface area contributed by atoms with Crippen LogP contribution >= 0.6 is 23.2 Å². The molecule has 2 rings (SSSR count). The average molecular weight is 306 g/mol. The van der Waals surface area contributed by atoms with E-state index < -0.39 is 11.9 Å². The van der Waals surface area contributed by atoms with Crippen LogP contribution in [0, 0.1) is 11.7 Å². The summed E-state index contributed by atoms with van der Waals surface area (Å²) >= 11 is 11.8. The topological polar surface area (TPSA) is 32.3 Å². The molecule has 2 N–H and O–H groups in total. The Morgan fingerprint density at radius 2 is 1.84 bits per heavy atom. The number of aliphatic hydroxyl groups is 1. The molecule has 0 aromatic heterocycles. The van der Waals surface area contributed by atoms with E-state index in [0.717, 1.165) is 6.42 Å². The molecule has 5 heteroatoms. The monoisotopic (exact) mass is 305 g/mol. The van der Waals surface area contributed by atoms with E-state index >= 15 is 0 Å². The van der Waals surface area contributed by atoms with Crippen molar-refractivity contribution in [1.29, 1.82) is 0 Å². The molecule has 1 atom stereocenters. The molecule has 106 valence electrons. The second kappa shape index (κ2) is 6.78. The number of rotatable bonds is 5. The summed E-state index contributed by atoms with van der Waals surface area (Å²) in [6, 6.07) is 2.41. The summed E-state index contributed by atoms with van der Waals surface area (Å²) in [6.45, 7) is 0.377. The third-order valence-corrected chi connectivity index (χ3v) is 4.20. The lowest BCUT2D eigenvalue weighted by Gasteiger charge is -2.17. The minimum atomic E-state index is -0.466. The molecule has 0 radical (unpaired) electrons. The third kappa shape index (κ3) is 4.23. The highest BCUT2D eigenvalue weighted by molar-refractivity contribution is 6.39. The van der Waals surface area contributed by atoms with Crippen molar-refractivity contribution in [3.05, 3.63) is 28.0 Å². The van der Waals surface area contributed by atoms with E-state index in [2.05, 4.69) is 5.32 Å². The van der Waals surface area contributed by atoms with E-state index in [-0.39, 0.29) is 10.0 Å². The Morgan fingerprint density at radius 1 is 1.26 bits per heavy atom. The molecular formula is C14H18Cl2FNO. The highest BCUT2D eigenvalue weighted by Gasteiger charge is 2.19. The van der Waals surface area contributed by atoms with Crippen LogP contribution < -0.4 is 5.32 Å². The fraction of sp³-hybridized carbons (Fsp3) is 0.571. The van der Waals surface area contributed by atoms with Crippen molar-refractivity contribution in [2.75, 3.05) is 11.9 Å². The van der Waals surface area contributed by atoms with E-state index in [1.54, 1.807) is 0 Å². The van der Waals surface area contributed by atoms with Crippen molar-refractivity contribution < 1.29 is 9.50 Å². The van der Waals surface area contributed by atoms with Gasteiger partial charge in [0.05, 0.1) is 21.8 Å². The van der Waals surface area contributed by atoms with Gasteiger partial charge in [0.25, 0.3) is 0 Å². The summed E-state index contributed by atoms with van der Waals surface area (Å²) < 4.78 is 13.0. The standard InChI is InChI=1S/C14H18Cl2FNO/c15-12-6-10(17)7-13(16)14(12)18-8-11(19)5-9-3-1-2-4-9/h6-7,9,11,18-19H,1-5,8H2. The predicted octanol–water partition coefficient (Wildman–Crippen LogP) is 4.49. The van der Waals surface area contributed by atoms with E-state index in [0.29, 0.717) is 18.2 Å². The Hall–Kier alpha value is -0.510. The molecule has 0 bridgehead atoms. The van der Waals surface area contributed by atoms with Gasteiger partial charge in [-0.05, 0) is 24.5 Å². The molecule has 0 heterocycles. The first-order valence-corrected chi connectivity index (χ1v) is 7.38. The van der Waals surface area contributed by atoms with Crippen LogP contribution in [0.2, 0.25) is 10.0 Å². The molecule has 1 saturated carbocycles. The zero-order valence-corrected chi connectivity index (χ0v) is 12.1.